The number of halogens is 1. The highest BCUT2D eigenvalue weighted by Gasteiger charge is 2.09. The van der Waals surface area contributed by atoms with Crippen LogP contribution in [0.15, 0.2) is 35.1 Å². The molecule has 0 unspecified atom stereocenters. The van der Waals surface area contributed by atoms with Crippen molar-refractivity contribution in [3.63, 3.8) is 0 Å². The van der Waals surface area contributed by atoms with Crippen molar-refractivity contribution in [2.24, 2.45) is 0 Å². The van der Waals surface area contributed by atoms with Gasteiger partial charge in [-0.15, -0.1) is 0 Å². The minimum absolute atomic E-state index is 0.265. The van der Waals surface area contributed by atoms with Gasteiger partial charge in [0.1, 0.15) is 10.4 Å². The third kappa shape index (κ3) is 3.27. The van der Waals surface area contributed by atoms with Crippen LogP contribution in [0.2, 0.25) is 0 Å². The molecule has 6 heteroatoms. The fraction of sp³-hybridized carbons (Fsp3) is 0.143. The first-order valence-electron chi connectivity index (χ1n) is 5.87. The molecule has 3 N–H and O–H groups in total. The second-order valence-corrected chi connectivity index (χ2v) is 5.03. The van der Waals surface area contributed by atoms with E-state index in [0.29, 0.717) is 22.7 Å². The van der Waals surface area contributed by atoms with Crippen molar-refractivity contribution in [1.29, 1.82) is 0 Å². The first-order chi connectivity index (χ1) is 9.49. The number of ether oxygens (including phenoxy) is 1. The number of nitrogens with zero attached hydrogens (tertiary/aromatic N) is 1. The summed E-state index contributed by atoms with van der Waals surface area (Å²) in [6.45, 7) is 1.90. The Labute approximate surface area is 125 Å². The minimum Gasteiger partial charge on any atom is -0.497 e. The number of amides is 1. The second-order valence-electron chi connectivity index (χ2n) is 4.28. The number of nitrogen functional groups attached to an aromatic ring is 1. The van der Waals surface area contributed by atoms with E-state index in [1.165, 1.54) is 7.11 Å². The number of hydrogen-bond donors (Lipinski definition) is 2. The van der Waals surface area contributed by atoms with Crippen molar-refractivity contribution >= 4 is 33.2 Å². The van der Waals surface area contributed by atoms with Gasteiger partial charge in [0.25, 0.3) is 5.91 Å². The van der Waals surface area contributed by atoms with Crippen molar-refractivity contribution in [3.05, 3.63) is 46.2 Å². The molecule has 104 valence electrons. The first kappa shape index (κ1) is 14.3. The maximum Gasteiger partial charge on any atom is 0.255 e. The summed E-state index contributed by atoms with van der Waals surface area (Å²) in [7, 11) is 1.53. The molecule has 1 aromatic carbocycles. The van der Waals surface area contributed by atoms with Gasteiger partial charge in [0.05, 0.1) is 19.0 Å². The van der Waals surface area contributed by atoms with Crippen LogP contribution in [0.1, 0.15) is 15.9 Å². The maximum absolute atomic E-state index is 12.2. The molecule has 0 bridgehead atoms. The first-order valence-corrected chi connectivity index (χ1v) is 6.67. The second kappa shape index (κ2) is 5.92. The zero-order valence-electron chi connectivity index (χ0n) is 11.1. The number of benzene rings is 1. The smallest absolute Gasteiger partial charge is 0.255 e. The standard InChI is InChI=1S/C14H14BrN3O2/c1-8-3-11(7-17-13(8)15)18-14(19)9-4-10(16)6-12(5-9)20-2/h3-7H,16H2,1-2H3,(H,18,19). The quantitative estimate of drug-likeness (QED) is 0.667. The van der Waals surface area contributed by atoms with Crippen LogP contribution in [0.25, 0.3) is 0 Å². The van der Waals surface area contributed by atoms with E-state index in [4.69, 9.17) is 10.5 Å². The molecule has 0 saturated heterocycles. The number of pyridine rings is 1. The van der Waals surface area contributed by atoms with E-state index in [2.05, 4.69) is 26.2 Å². The van der Waals surface area contributed by atoms with E-state index in [9.17, 15) is 4.79 Å². The number of nitrogens with one attached hydrogen (secondary N) is 1. The van der Waals surface area contributed by atoms with Gasteiger partial charge in [0.2, 0.25) is 0 Å². The Balaban J connectivity index is 2.23. The third-order valence-electron chi connectivity index (χ3n) is 2.70. The van der Waals surface area contributed by atoms with Gasteiger partial charge in [0, 0.05) is 17.3 Å². The van der Waals surface area contributed by atoms with Crippen LogP contribution in [0.5, 0.6) is 5.75 Å². The number of hydrogen-bond acceptors (Lipinski definition) is 4. The van der Waals surface area contributed by atoms with Crippen molar-refractivity contribution in [3.8, 4) is 5.75 Å². The van der Waals surface area contributed by atoms with Crippen LogP contribution in [0.4, 0.5) is 11.4 Å². The molecule has 5 nitrogen and oxygen atoms in total. The van der Waals surface area contributed by atoms with Crippen molar-refractivity contribution in [1.82, 2.24) is 4.98 Å². The molecule has 2 rings (SSSR count). The summed E-state index contributed by atoms with van der Waals surface area (Å²) in [4.78, 5) is 16.3. The van der Waals surface area contributed by atoms with E-state index >= 15 is 0 Å². The van der Waals surface area contributed by atoms with Gasteiger partial charge < -0.3 is 15.8 Å². The Morgan fingerprint density at radius 3 is 2.75 bits per heavy atom. The van der Waals surface area contributed by atoms with Gasteiger partial charge in [0.15, 0.2) is 0 Å². The number of nitrogens with two attached hydrogens (primary N) is 1. The van der Waals surface area contributed by atoms with E-state index < -0.39 is 0 Å². The number of rotatable bonds is 3. The average Bonchev–Trinajstić information content (AvgIpc) is 2.42. The lowest BCUT2D eigenvalue weighted by atomic mass is 10.1. The van der Waals surface area contributed by atoms with E-state index in [1.54, 1.807) is 24.4 Å². The summed E-state index contributed by atoms with van der Waals surface area (Å²) >= 11 is 3.31. The predicted octanol–water partition coefficient (Wildman–Crippen LogP) is 3.00. The molecule has 1 heterocycles. The van der Waals surface area contributed by atoms with E-state index in [1.807, 2.05) is 13.0 Å². The van der Waals surface area contributed by atoms with Crippen LogP contribution in [0.3, 0.4) is 0 Å². The topological polar surface area (TPSA) is 77.2 Å². The number of anilines is 2. The summed E-state index contributed by atoms with van der Waals surface area (Å²) in [6, 6.07) is 6.71. The molecule has 0 spiro atoms. The highest BCUT2D eigenvalue weighted by atomic mass is 79.9. The molecule has 1 amide bonds. The molecule has 0 saturated carbocycles. The van der Waals surface area contributed by atoms with Gasteiger partial charge >= 0.3 is 0 Å². The SMILES string of the molecule is COc1cc(N)cc(C(=O)Nc2cnc(Br)c(C)c2)c1. The Kier molecular flexibility index (Phi) is 4.24. The van der Waals surface area contributed by atoms with Crippen molar-refractivity contribution < 1.29 is 9.53 Å². The van der Waals surface area contributed by atoms with Crippen LogP contribution < -0.4 is 15.8 Å². The predicted molar refractivity (Wildman–Crippen MR) is 82.0 cm³/mol. The summed E-state index contributed by atoms with van der Waals surface area (Å²) < 4.78 is 5.84. The van der Waals surface area contributed by atoms with Gasteiger partial charge in [-0.2, -0.15) is 0 Å². The lowest BCUT2D eigenvalue weighted by molar-refractivity contribution is 0.102. The summed E-state index contributed by atoms with van der Waals surface area (Å²) in [5.41, 5.74) is 8.20. The normalized spacial score (nSPS) is 10.2. The average molecular weight is 336 g/mol. The highest BCUT2D eigenvalue weighted by molar-refractivity contribution is 9.10. The maximum atomic E-state index is 12.2. The summed E-state index contributed by atoms with van der Waals surface area (Å²) in [5, 5.41) is 2.77. The monoisotopic (exact) mass is 335 g/mol. The molecular formula is C14H14BrN3O2. The zero-order valence-corrected chi connectivity index (χ0v) is 12.7. The third-order valence-corrected chi connectivity index (χ3v) is 3.53. The van der Waals surface area contributed by atoms with Gasteiger partial charge in [-0.05, 0) is 46.6 Å². The molecule has 0 aliphatic rings. The van der Waals surface area contributed by atoms with E-state index in [-0.39, 0.29) is 5.91 Å². The molecular weight excluding hydrogens is 322 g/mol. The lowest BCUT2D eigenvalue weighted by Gasteiger charge is -2.08. The number of aryl methyl sites for hydroxylation is 1. The zero-order chi connectivity index (χ0) is 14.7. The number of carbonyl (C=O) groups is 1. The fourth-order valence-electron chi connectivity index (χ4n) is 1.70. The van der Waals surface area contributed by atoms with Crippen LogP contribution in [0, 0.1) is 6.92 Å². The van der Waals surface area contributed by atoms with E-state index in [0.717, 1.165) is 10.2 Å². The number of carbonyl (C=O) groups excluding carboxylic acids is 1. The molecule has 0 atom stereocenters. The van der Waals surface area contributed by atoms with Crippen LogP contribution >= 0.6 is 15.9 Å². The lowest BCUT2D eigenvalue weighted by Crippen LogP contribution is -2.12. The Morgan fingerprint density at radius 2 is 2.10 bits per heavy atom. The van der Waals surface area contributed by atoms with Crippen LogP contribution in [-0.2, 0) is 0 Å². The molecule has 0 aliphatic heterocycles. The Morgan fingerprint density at radius 1 is 1.35 bits per heavy atom. The molecule has 20 heavy (non-hydrogen) atoms. The molecule has 1 aromatic heterocycles. The number of aromatic nitrogens is 1. The summed E-state index contributed by atoms with van der Waals surface area (Å²) in [6.07, 6.45) is 1.58. The largest absolute Gasteiger partial charge is 0.497 e. The van der Waals surface area contributed by atoms with Crippen molar-refractivity contribution in [2.45, 2.75) is 6.92 Å². The number of methoxy groups -OCH3 is 1. The fourth-order valence-corrected chi connectivity index (χ4v) is 1.92. The highest BCUT2D eigenvalue weighted by Crippen LogP contribution is 2.21. The molecule has 0 radical (unpaired) electrons. The molecule has 2 aromatic rings. The van der Waals surface area contributed by atoms with Crippen molar-refractivity contribution in [2.75, 3.05) is 18.2 Å². The van der Waals surface area contributed by atoms with Crippen LogP contribution in [-0.4, -0.2) is 18.0 Å². The van der Waals surface area contributed by atoms with Gasteiger partial charge in [-0.25, -0.2) is 4.98 Å². The Bertz CT molecular complexity index is 659. The van der Waals surface area contributed by atoms with Gasteiger partial charge in [-0.1, -0.05) is 0 Å². The molecule has 0 aliphatic carbocycles. The summed E-state index contributed by atoms with van der Waals surface area (Å²) in [5.74, 6) is 0.277. The Hall–Kier alpha value is -2.08. The van der Waals surface area contributed by atoms with Gasteiger partial charge in [-0.3, -0.25) is 4.79 Å². The minimum atomic E-state index is -0.265. The molecule has 0 fully saturated rings.